The van der Waals surface area contributed by atoms with Crippen LogP contribution in [0.15, 0.2) is 4.42 Å². The SMILES string of the molecule is Cc1c(C#N)oc(C(=O)O)c1C(=O)O. The zero-order valence-corrected chi connectivity index (χ0v) is 7.07. The summed E-state index contributed by atoms with van der Waals surface area (Å²) in [6, 6.07) is 1.57. The van der Waals surface area contributed by atoms with E-state index in [9.17, 15) is 9.59 Å². The first-order valence-corrected chi connectivity index (χ1v) is 3.49. The number of hydrogen-bond acceptors (Lipinski definition) is 4. The number of carboxylic acid groups (broad SMARTS) is 2. The lowest BCUT2D eigenvalue weighted by atomic mass is 10.1. The first kappa shape index (κ1) is 9.80. The van der Waals surface area contributed by atoms with Crippen LogP contribution in [0.2, 0.25) is 0 Å². The molecule has 0 unspecified atom stereocenters. The summed E-state index contributed by atoms with van der Waals surface area (Å²) < 4.78 is 4.58. The zero-order chi connectivity index (χ0) is 10.9. The predicted molar refractivity (Wildman–Crippen MR) is 42.1 cm³/mol. The van der Waals surface area contributed by atoms with E-state index in [0.717, 1.165) is 0 Å². The molecule has 14 heavy (non-hydrogen) atoms. The van der Waals surface area contributed by atoms with Crippen molar-refractivity contribution in [3.8, 4) is 6.07 Å². The summed E-state index contributed by atoms with van der Waals surface area (Å²) >= 11 is 0. The highest BCUT2D eigenvalue weighted by Crippen LogP contribution is 2.21. The second kappa shape index (κ2) is 3.22. The van der Waals surface area contributed by atoms with Crippen LogP contribution in [0, 0.1) is 18.3 Å². The molecule has 0 radical (unpaired) electrons. The summed E-state index contributed by atoms with van der Waals surface area (Å²) in [7, 11) is 0. The minimum absolute atomic E-state index is 0.0254. The summed E-state index contributed by atoms with van der Waals surface area (Å²) in [6.07, 6.45) is 0. The van der Waals surface area contributed by atoms with Crippen molar-refractivity contribution in [2.75, 3.05) is 0 Å². The van der Waals surface area contributed by atoms with Crippen molar-refractivity contribution >= 4 is 11.9 Å². The molecule has 2 N–H and O–H groups in total. The third-order valence-corrected chi connectivity index (χ3v) is 1.66. The average molecular weight is 195 g/mol. The van der Waals surface area contributed by atoms with Gasteiger partial charge < -0.3 is 14.6 Å². The van der Waals surface area contributed by atoms with E-state index in [1.165, 1.54) is 6.92 Å². The zero-order valence-electron chi connectivity index (χ0n) is 7.07. The largest absolute Gasteiger partial charge is 0.478 e. The van der Waals surface area contributed by atoms with Crippen molar-refractivity contribution in [2.24, 2.45) is 0 Å². The Hall–Kier alpha value is -2.29. The highest BCUT2D eigenvalue weighted by Gasteiger charge is 2.26. The maximum Gasteiger partial charge on any atom is 0.372 e. The summed E-state index contributed by atoms with van der Waals surface area (Å²) in [5.41, 5.74) is -0.452. The maximum atomic E-state index is 10.6. The lowest BCUT2D eigenvalue weighted by Crippen LogP contribution is -2.05. The molecule has 6 heteroatoms. The van der Waals surface area contributed by atoms with Gasteiger partial charge in [-0.1, -0.05) is 0 Å². The molecule has 0 aliphatic carbocycles. The van der Waals surface area contributed by atoms with Crippen LogP contribution in [0.5, 0.6) is 0 Å². The average Bonchev–Trinajstić information content (AvgIpc) is 2.42. The molecule has 0 bridgehead atoms. The number of nitriles is 1. The van der Waals surface area contributed by atoms with Crippen molar-refractivity contribution in [2.45, 2.75) is 6.92 Å². The van der Waals surface area contributed by atoms with Gasteiger partial charge >= 0.3 is 11.9 Å². The van der Waals surface area contributed by atoms with Gasteiger partial charge in [-0.15, -0.1) is 0 Å². The Morgan fingerprint density at radius 1 is 1.36 bits per heavy atom. The molecule has 6 nitrogen and oxygen atoms in total. The molecular weight excluding hydrogens is 190 g/mol. The molecule has 0 aliphatic heterocycles. The molecule has 1 aromatic rings. The third kappa shape index (κ3) is 1.31. The van der Waals surface area contributed by atoms with Crippen molar-refractivity contribution in [1.29, 1.82) is 5.26 Å². The molecule has 0 fully saturated rings. The van der Waals surface area contributed by atoms with Crippen molar-refractivity contribution < 1.29 is 24.2 Å². The van der Waals surface area contributed by atoms with Gasteiger partial charge in [0.15, 0.2) is 0 Å². The molecule has 0 aromatic carbocycles. The molecule has 1 aromatic heterocycles. The van der Waals surface area contributed by atoms with Gasteiger partial charge in [-0.2, -0.15) is 5.26 Å². The van der Waals surface area contributed by atoms with Crippen LogP contribution in [0.25, 0.3) is 0 Å². The van der Waals surface area contributed by atoms with Crippen LogP contribution in [0.4, 0.5) is 0 Å². The number of nitrogens with zero attached hydrogens (tertiary/aromatic N) is 1. The first-order chi connectivity index (χ1) is 6.49. The van der Waals surface area contributed by atoms with Gasteiger partial charge in [0.1, 0.15) is 11.6 Å². The second-order valence-corrected chi connectivity index (χ2v) is 2.48. The lowest BCUT2D eigenvalue weighted by molar-refractivity contribution is 0.0625. The van der Waals surface area contributed by atoms with Gasteiger partial charge in [-0.3, -0.25) is 0 Å². The van der Waals surface area contributed by atoms with Gasteiger partial charge in [-0.05, 0) is 6.92 Å². The van der Waals surface area contributed by atoms with Crippen molar-refractivity contribution in [3.63, 3.8) is 0 Å². The van der Waals surface area contributed by atoms with Gasteiger partial charge in [0.25, 0.3) is 0 Å². The van der Waals surface area contributed by atoms with Gasteiger partial charge in [0, 0.05) is 5.56 Å². The van der Waals surface area contributed by atoms with E-state index in [2.05, 4.69) is 4.42 Å². The number of carboxylic acids is 2. The fourth-order valence-electron chi connectivity index (χ4n) is 1.03. The number of furan rings is 1. The van der Waals surface area contributed by atoms with Crippen LogP contribution in [0.3, 0.4) is 0 Å². The summed E-state index contributed by atoms with van der Waals surface area (Å²) in [5, 5.41) is 25.7. The van der Waals surface area contributed by atoms with Crippen molar-refractivity contribution in [1.82, 2.24) is 0 Å². The number of aromatic carboxylic acids is 2. The molecule has 1 rings (SSSR count). The Kier molecular flexibility index (Phi) is 2.25. The summed E-state index contributed by atoms with van der Waals surface area (Å²) in [5.74, 6) is -3.94. The van der Waals surface area contributed by atoms with Crippen LogP contribution < -0.4 is 0 Å². The fourth-order valence-corrected chi connectivity index (χ4v) is 1.03. The normalized spacial score (nSPS) is 9.43. The van der Waals surface area contributed by atoms with Gasteiger partial charge in [0.2, 0.25) is 11.5 Å². The Labute approximate surface area is 78.0 Å². The van der Waals surface area contributed by atoms with E-state index in [1.54, 1.807) is 6.07 Å². The monoisotopic (exact) mass is 195 g/mol. The number of rotatable bonds is 2. The minimum atomic E-state index is -1.51. The standard InChI is InChI=1S/C8H5NO5/c1-3-4(2-9)14-6(8(12)13)5(3)7(10)11/h1H3,(H,10,11)(H,12,13). The Balaban J connectivity index is 3.52. The Morgan fingerprint density at radius 3 is 2.21 bits per heavy atom. The quantitative estimate of drug-likeness (QED) is 0.723. The first-order valence-electron chi connectivity index (χ1n) is 3.49. The van der Waals surface area contributed by atoms with E-state index in [-0.39, 0.29) is 11.3 Å². The molecule has 0 amide bonds. The van der Waals surface area contributed by atoms with E-state index in [0.29, 0.717) is 0 Å². The van der Waals surface area contributed by atoms with E-state index >= 15 is 0 Å². The maximum absolute atomic E-state index is 10.6. The second-order valence-electron chi connectivity index (χ2n) is 2.48. The van der Waals surface area contributed by atoms with Gasteiger partial charge in [0.05, 0.1) is 0 Å². The Bertz CT molecular complexity index is 451. The molecule has 72 valence electrons. The molecule has 0 saturated heterocycles. The smallest absolute Gasteiger partial charge is 0.372 e. The van der Waals surface area contributed by atoms with E-state index in [4.69, 9.17) is 15.5 Å². The fraction of sp³-hybridized carbons (Fsp3) is 0.125. The molecular formula is C8H5NO5. The molecule has 1 heterocycles. The van der Waals surface area contributed by atoms with Crippen LogP contribution in [-0.2, 0) is 0 Å². The van der Waals surface area contributed by atoms with Crippen LogP contribution in [-0.4, -0.2) is 22.2 Å². The topological polar surface area (TPSA) is 112 Å². The predicted octanol–water partition coefficient (Wildman–Crippen LogP) is 0.856. The van der Waals surface area contributed by atoms with Crippen LogP contribution >= 0.6 is 0 Å². The third-order valence-electron chi connectivity index (χ3n) is 1.66. The number of hydrogen-bond donors (Lipinski definition) is 2. The van der Waals surface area contributed by atoms with Crippen molar-refractivity contribution in [3.05, 3.63) is 22.6 Å². The van der Waals surface area contributed by atoms with E-state index < -0.39 is 23.3 Å². The van der Waals surface area contributed by atoms with Crippen LogP contribution in [0.1, 0.15) is 32.2 Å². The number of carbonyl (C=O) groups is 2. The molecule has 0 saturated carbocycles. The van der Waals surface area contributed by atoms with E-state index in [1.807, 2.05) is 0 Å². The van der Waals surface area contributed by atoms with Gasteiger partial charge in [-0.25, -0.2) is 9.59 Å². The summed E-state index contributed by atoms with van der Waals surface area (Å²) in [6.45, 7) is 1.32. The highest BCUT2D eigenvalue weighted by molar-refractivity contribution is 6.01. The molecule has 0 aliphatic rings. The molecule has 0 atom stereocenters. The summed E-state index contributed by atoms with van der Waals surface area (Å²) in [4.78, 5) is 21.2. The highest BCUT2D eigenvalue weighted by atomic mass is 16.4. The lowest BCUT2D eigenvalue weighted by Gasteiger charge is -1.91. The molecule has 0 spiro atoms. The Morgan fingerprint density at radius 2 is 1.93 bits per heavy atom. The minimum Gasteiger partial charge on any atom is -0.478 e.